The highest BCUT2D eigenvalue weighted by Gasteiger charge is 2.22. The molecule has 3 aromatic rings. The van der Waals surface area contributed by atoms with Crippen molar-refractivity contribution in [3.63, 3.8) is 0 Å². The summed E-state index contributed by atoms with van der Waals surface area (Å²) in [5.41, 5.74) is 2.72. The molecular weight excluding hydrogens is 354 g/mol. The maximum atomic E-state index is 12.8. The molecule has 0 unspecified atom stereocenters. The number of aryl methyl sites for hydroxylation is 1. The van der Waals surface area contributed by atoms with Crippen LogP contribution in [0.3, 0.4) is 0 Å². The van der Waals surface area contributed by atoms with Crippen LogP contribution in [0.4, 0.5) is 5.82 Å². The topological polar surface area (TPSA) is 93.3 Å². The molecule has 0 aliphatic carbocycles. The van der Waals surface area contributed by atoms with Crippen molar-refractivity contribution in [2.45, 2.75) is 11.8 Å². The molecule has 0 saturated carbocycles. The second kappa shape index (κ2) is 7.09. The molecule has 2 N–H and O–H groups in total. The number of hydrogen-bond donors (Lipinski definition) is 2. The first-order chi connectivity index (χ1) is 12.4. The van der Waals surface area contributed by atoms with E-state index in [-0.39, 0.29) is 16.5 Å². The highest BCUT2D eigenvalue weighted by molar-refractivity contribution is 7.92. The van der Waals surface area contributed by atoms with Crippen LogP contribution in [0.5, 0.6) is 11.5 Å². The van der Waals surface area contributed by atoms with Crippen molar-refractivity contribution >= 4 is 15.8 Å². The van der Waals surface area contributed by atoms with E-state index in [1.165, 1.54) is 26.4 Å². The van der Waals surface area contributed by atoms with E-state index in [1.54, 1.807) is 12.1 Å². The SMILES string of the molecule is COc1ccc(OC)c(S(=O)(=O)Nc2cc(-c3ccccc3C)[nH]n2)c1. The quantitative estimate of drug-likeness (QED) is 0.692. The number of aromatic nitrogens is 2. The fourth-order valence-corrected chi connectivity index (χ4v) is 3.75. The van der Waals surface area contributed by atoms with Crippen LogP contribution in [-0.4, -0.2) is 32.8 Å². The number of nitrogens with zero attached hydrogens (tertiary/aromatic N) is 1. The normalized spacial score (nSPS) is 11.2. The predicted molar refractivity (Wildman–Crippen MR) is 99.1 cm³/mol. The minimum absolute atomic E-state index is 0.0280. The second-order valence-corrected chi connectivity index (χ2v) is 7.25. The van der Waals surface area contributed by atoms with E-state index in [2.05, 4.69) is 14.9 Å². The first kappa shape index (κ1) is 17.8. The fourth-order valence-electron chi connectivity index (χ4n) is 2.57. The molecule has 0 amide bonds. The summed E-state index contributed by atoms with van der Waals surface area (Å²) in [6.45, 7) is 1.97. The number of rotatable bonds is 6. The van der Waals surface area contributed by atoms with Crippen LogP contribution in [0.25, 0.3) is 11.3 Å². The molecule has 0 aliphatic rings. The maximum absolute atomic E-state index is 12.8. The number of benzene rings is 2. The molecule has 7 nitrogen and oxygen atoms in total. The Morgan fingerprint density at radius 1 is 1.04 bits per heavy atom. The van der Waals surface area contributed by atoms with Gasteiger partial charge in [0.15, 0.2) is 5.82 Å². The van der Waals surface area contributed by atoms with Crippen LogP contribution in [0.15, 0.2) is 53.4 Å². The molecule has 136 valence electrons. The predicted octanol–water partition coefficient (Wildman–Crippen LogP) is 3.20. The Morgan fingerprint density at radius 2 is 1.81 bits per heavy atom. The molecule has 0 bridgehead atoms. The van der Waals surface area contributed by atoms with Crippen LogP contribution in [0.1, 0.15) is 5.56 Å². The van der Waals surface area contributed by atoms with Gasteiger partial charge in [0.05, 0.1) is 19.9 Å². The summed E-state index contributed by atoms with van der Waals surface area (Å²) in [4.78, 5) is -0.0280. The van der Waals surface area contributed by atoms with E-state index in [1.807, 2.05) is 31.2 Å². The van der Waals surface area contributed by atoms with Crippen molar-refractivity contribution in [2.75, 3.05) is 18.9 Å². The summed E-state index contributed by atoms with van der Waals surface area (Å²) in [6, 6.07) is 14.0. The molecule has 1 heterocycles. The van der Waals surface area contributed by atoms with Gasteiger partial charge in [0.2, 0.25) is 0 Å². The summed E-state index contributed by atoms with van der Waals surface area (Å²) in [5, 5.41) is 6.91. The van der Waals surface area contributed by atoms with Gasteiger partial charge in [-0.1, -0.05) is 24.3 Å². The number of anilines is 1. The molecule has 0 fully saturated rings. The van der Waals surface area contributed by atoms with E-state index in [0.29, 0.717) is 5.75 Å². The van der Waals surface area contributed by atoms with E-state index in [0.717, 1.165) is 16.8 Å². The molecule has 0 atom stereocenters. The Kier molecular flexibility index (Phi) is 4.85. The van der Waals surface area contributed by atoms with Crippen molar-refractivity contribution < 1.29 is 17.9 Å². The van der Waals surface area contributed by atoms with Crippen molar-refractivity contribution in [1.29, 1.82) is 0 Å². The Balaban J connectivity index is 1.93. The van der Waals surface area contributed by atoms with Crippen LogP contribution in [-0.2, 0) is 10.0 Å². The molecule has 0 spiro atoms. The number of ether oxygens (including phenoxy) is 2. The third-order valence-electron chi connectivity index (χ3n) is 3.91. The van der Waals surface area contributed by atoms with E-state index in [9.17, 15) is 8.42 Å². The number of hydrogen-bond acceptors (Lipinski definition) is 5. The molecule has 0 saturated heterocycles. The molecule has 0 aliphatic heterocycles. The van der Waals surface area contributed by atoms with Crippen molar-refractivity contribution in [1.82, 2.24) is 10.2 Å². The van der Waals surface area contributed by atoms with Gasteiger partial charge in [-0.15, -0.1) is 0 Å². The van der Waals surface area contributed by atoms with Crippen molar-refractivity contribution in [3.8, 4) is 22.8 Å². The number of H-pyrrole nitrogens is 1. The fraction of sp³-hybridized carbons (Fsp3) is 0.167. The summed E-state index contributed by atoms with van der Waals surface area (Å²) in [7, 11) is -1.03. The summed E-state index contributed by atoms with van der Waals surface area (Å²) >= 11 is 0. The lowest BCUT2D eigenvalue weighted by Crippen LogP contribution is -2.14. The maximum Gasteiger partial charge on any atom is 0.266 e. The Labute approximate surface area is 152 Å². The largest absolute Gasteiger partial charge is 0.497 e. The average molecular weight is 373 g/mol. The van der Waals surface area contributed by atoms with Crippen LogP contribution < -0.4 is 14.2 Å². The van der Waals surface area contributed by atoms with Gasteiger partial charge in [0, 0.05) is 17.7 Å². The van der Waals surface area contributed by atoms with Crippen LogP contribution >= 0.6 is 0 Å². The zero-order chi connectivity index (χ0) is 18.7. The van der Waals surface area contributed by atoms with Gasteiger partial charge in [-0.05, 0) is 24.6 Å². The molecule has 0 radical (unpaired) electrons. The lowest BCUT2D eigenvalue weighted by molar-refractivity contribution is 0.392. The summed E-state index contributed by atoms with van der Waals surface area (Å²) in [5.74, 6) is 0.815. The minimum Gasteiger partial charge on any atom is -0.497 e. The summed E-state index contributed by atoms with van der Waals surface area (Å²) < 4.78 is 38.2. The van der Waals surface area contributed by atoms with E-state index >= 15 is 0 Å². The van der Waals surface area contributed by atoms with Crippen LogP contribution in [0, 0.1) is 6.92 Å². The summed E-state index contributed by atoms with van der Waals surface area (Å²) in [6.07, 6.45) is 0. The van der Waals surface area contributed by atoms with Gasteiger partial charge in [0.1, 0.15) is 16.4 Å². The van der Waals surface area contributed by atoms with Gasteiger partial charge in [-0.3, -0.25) is 9.82 Å². The van der Waals surface area contributed by atoms with Crippen molar-refractivity contribution in [3.05, 3.63) is 54.1 Å². The third kappa shape index (κ3) is 3.50. The van der Waals surface area contributed by atoms with Gasteiger partial charge in [0.25, 0.3) is 10.0 Å². The number of sulfonamides is 1. The smallest absolute Gasteiger partial charge is 0.266 e. The zero-order valence-electron chi connectivity index (χ0n) is 14.6. The van der Waals surface area contributed by atoms with Gasteiger partial charge in [-0.2, -0.15) is 5.10 Å². The number of nitrogens with one attached hydrogen (secondary N) is 2. The van der Waals surface area contributed by atoms with Gasteiger partial charge < -0.3 is 9.47 Å². The highest BCUT2D eigenvalue weighted by Crippen LogP contribution is 2.30. The monoisotopic (exact) mass is 373 g/mol. The molecule has 1 aromatic heterocycles. The van der Waals surface area contributed by atoms with Crippen LogP contribution in [0.2, 0.25) is 0 Å². The lowest BCUT2D eigenvalue weighted by atomic mass is 10.1. The molecule has 3 rings (SSSR count). The van der Waals surface area contributed by atoms with Crippen molar-refractivity contribution in [2.24, 2.45) is 0 Å². The molecular formula is C18H19N3O4S. The molecule has 2 aromatic carbocycles. The van der Waals surface area contributed by atoms with Gasteiger partial charge in [-0.25, -0.2) is 8.42 Å². The van der Waals surface area contributed by atoms with Gasteiger partial charge >= 0.3 is 0 Å². The molecule has 26 heavy (non-hydrogen) atoms. The Bertz CT molecular complexity index is 1030. The first-order valence-electron chi connectivity index (χ1n) is 7.81. The second-order valence-electron chi connectivity index (χ2n) is 5.60. The highest BCUT2D eigenvalue weighted by atomic mass is 32.2. The number of aromatic amines is 1. The average Bonchev–Trinajstić information content (AvgIpc) is 3.09. The Morgan fingerprint density at radius 3 is 2.50 bits per heavy atom. The first-order valence-corrected chi connectivity index (χ1v) is 9.29. The minimum atomic E-state index is -3.91. The van der Waals surface area contributed by atoms with E-state index in [4.69, 9.17) is 9.47 Å². The third-order valence-corrected chi connectivity index (χ3v) is 5.29. The standard InChI is InChI=1S/C18H19N3O4S/c1-12-6-4-5-7-14(12)15-11-18(20-19-15)21-26(22,23)17-10-13(24-2)8-9-16(17)25-3/h4-11H,1-3H3,(H2,19,20,21). The molecule has 8 heteroatoms. The Hall–Kier alpha value is -3.00. The van der Waals surface area contributed by atoms with E-state index < -0.39 is 10.0 Å². The zero-order valence-corrected chi connectivity index (χ0v) is 15.4. The number of methoxy groups -OCH3 is 2. The lowest BCUT2D eigenvalue weighted by Gasteiger charge is -2.11.